The van der Waals surface area contributed by atoms with Gasteiger partial charge in [-0.15, -0.1) is 0 Å². The number of alkyl halides is 3. The summed E-state index contributed by atoms with van der Waals surface area (Å²) in [6.45, 7) is 13.7. The standard InChI is InChI=1S/C20H34Cl3NO6Si/c1-14(25)27-10-8-16(13-28-15(2)26)12-17(30-18(24)20(21,22)23)9-11-29-31(6,7)19(3,4)5/h12,17,24H,8-11,13H2,1-7H3/b16-12-,24-18?/t17-/m1/s1. The van der Waals surface area contributed by atoms with Crippen molar-refractivity contribution in [2.75, 3.05) is 19.8 Å². The largest absolute Gasteiger partial charge is 0.470 e. The molecular weight excluding hydrogens is 485 g/mol. The lowest BCUT2D eigenvalue weighted by Crippen LogP contribution is -2.41. The van der Waals surface area contributed by atoms with Crippen LogP contribution in [-0.4, -0.2) is 55.9 Å². The number of carbonyl (C=O) groups excluding carboxylic acids is 2. The molecule has 0 aromatic carbocycles. The summed E-state index contributed by atoms with van der Waals surface area (Å²) in [7, 11) is -1.99. The first-order valence-electron chi connectivity index (χ1n) is 9.88. The van der Waals surface area contributed by atoms with Crippen LogP contribution in [0.1, 0.15) is 47.5 Å². The summed E-state index contributed by atoms with van der Waals surface area (Å²) in [6.07, 6.45) is 1.71. The Balaban J connectivity index is 5.48. The third-order valence-electron chi connectivity index (χ3n) is 4.81. The zero-order valence-electron chi connectivity index (χ0n) is 19.3. The van der Waals surface area contributed by atoms with Crippen LogP contribution in [0, 0.1) is 5.41 Å². The van der Waals surface area contributed by atoms with Gasteiger partial charge < -0.3 is 18.6 Å². The van der Waals surface area contributed by atoms with Gasteiger partial charge in [-0.05, 0) is 29.8 Å². The molecule has 0 saturated heterocycles. The van der Waals surface area contributed by atoms with Crippen LogP contribution in [0.4, 0.5) is 0 Å². The van der Waals surface area contributed by atoms with Crippen LogP contribution < -0.4 is 0 Å². The van der Waals surface area contributed by atoms with Crippen molar-refractivity contribution in [3.63, 3.8) is 0 Å². The third kappa shape index (κ3) is 13.4. The maximum Gasteiger partial charge on any atom is 0.302 e. The van der Waals surface area contributed by atoms with Crippen molar-refractivity contribution in [2.45, 2.75) is 75.5 Å². The molecule has 0 radical (unpaired) electrons. The normalized spacial score (nSPS) is 14.1. The van der Waals surface area contributed by atoms with E-state index in [4.69, 9.17) is 58.8 Å². The highest BCUT2D eigenvalue weighted by Gasteiger charge is 2.37. The number of ether oxygens (including phenoxy) is 3. The van der Waals surface area contributed by atoms with Gasteiger partial charge in [-0.1, -0.05) is 55.6 Å². The van der Waals surface area contributed by atoms with Gasteiger partial charge in [0.05, 0.1) is 6.61 Å². The van der Waals surface area contributed by atoms with E-state index in [0.29, 0.717) is 25.0 Å². The minimum Gasteiger partial charge on any atom is -0.470 e. The summed E-state index contributed by atoms with van der Waals surface area (Å²) in [4.78, 5) is 22.3. The van der Waals surface area contributed by atoms with Crippen LogP contribution in [-0.2, 0) is 28.2 Å². The predicted octanol–water partition coefficient (Wildman–Crippen LogP) is 5.57. The van der Waals surface area contributed by atoms with Crippen LogP contribution in [0.2, 0.25) is 18.1 Å². The number of halogens is 3. The van der Waals surface area contributed by atoms with Gasteiger partial charge in [-0.2, -0.15) is 0 Å². The maximum atomic E-state index is 11.2. The van der Waals surface area contributed by atoms with E-state index in [2.05, 4.69) is 33.9 Å². The quantitative estimate of drug-likeness (QED) is 0.0959. The Morgan fingerprint density at radius 3 is 2.03 bits per heavy atom. The molecule has 0 heterocycles. The zero-order chi connectivity index (χ0) is 24.5. The molecule has 0 unspecified atom stereocenters. The fourth-order valence-electron chi connectivity index (χ4n) is 2.03. The van der Waals surface area contributed by atoms with E-state index in [-0.39, 0.29) is 18.3 Å². The van der Waals surface area contributed by atoms with Crippen LogP contribution in [0.3, 0.4) is 0 Å². The number of hydrogen-bond acceptors (Lipinski definition) is 7. The molecule has 0 aliphatic rings. The summed E-state index contributed by atoms with van der Waals surface area (Å²) >= 11 is 17.3. The van der Waals surface area contributed by atoms with Gasteiger partial charge in [0, 0.05) is 33.3 Å². The van der Waals surface area contributed by atoms with Crippen molar-refractivity contribution < 1.29 is 28.2 Å². The molecule has 0 rings (SSSR count). The van der Waals surface area contributed by atoms with Gasteiger partial charge in [-0.25, -0.2) is 0 Å². The molecule has 1 N–H and O–H groups in total. The van der Waals surface area contributed by atoms with Crippen molar-refractivity contribution in [1.29, 1.82) is 5.41 Å². The van der Waals surface area contributed by atoms with Gasteiger partial charge in [0.1, 0.15) is 12.7 Å². The Kier molecular flexibility index (Phi) is 12.7. The molecule has 0 spiro atoms. The minimum atomic E-state index is -2.01. The lowest BCUT2D eigenvalue weighted by molar-refractivity contribution is -0.142. The van der Waals surface area contributed by atoms with Crippen LogP contribution in [0.5, 0.6) is 0 Å². The summed E-state index contributed by atoms with van der Waals surface area (Å²) in [5.41, 5.74) is 0.644. The Morgan fingerprint density at radius 2 is 1.58 bits per heavy atom. The first kappa shape index (κ1) is 30.2. The zero-order valence-corrected chi connectivity index (χ0v) is 22.5. The second-order valence-corrected chi connectivity index (χ2v) is 15.7. The fourth-order valence-corrected chi connectivity index (χ4v) is 3.22. The lowest BCUT2D eigenvalue weighted by atomic mass is 10.1. The molecule has 0 bridgehead atoms. The predicted molar refractivity (Wildman–Crippen MR) is 127 cm³/mol. The average molecular weight is 519 g/mol. The summed E-state index contributed by atoms with van der Waals surface area (Å²) < 4.78 is 19.8. The molecule has 0 aromatic heterocycles. The molecule has 0 amide bonds. The molecule has 0 aromatic rings. The van der Waals surface area contributed by atoms with E-state index in [1.54, 1.807) is 6.08 Å². The van der Waals surface area contributed by atoms with Crippen LogP contribution in [0.15, 0.2) is 11.6 Å². The Morgan fingerprint density at radius 1 is 1.03 bits per heavy atom. The number of carbonyl (C=O) groups is 2. The van der Waals surface area contributed by atoms with E-state index in [1.165, 1.54) is 13.8 Å². The number of esters is 2. The topological polar surface area (TPSA) is 94.9 Å². The molecule has 0 saturated carbocycles. The molecular formula is C20H34Cl3NO6Si. The molecule has 180 valence electrons. The lowest BCUT2D eigenvalue weighted by Gasteiger charge is -2.36. The van der Waals surface area contributed by atoms with E-state index in [0.717, 1.165) is 0 Å². The van der Waals surface area contributed by atoms with Gasteiger partial charge in [0.15, 0.2) is 8.32 Å². The van der Waals surface area contributed by atoms with Gasteiger partial charge in [0.25, 0.3) is 3.79 Å². The van der Waals surface area contributed by atoms with Crippen molar-refractivity contribution in [1.82, 2.24) is 0 Å². The van der Waals surface area contributed by atoms with Gasteiger partial charge in [-0.3, -0.25) is 15.0 Å². The molecule has 7 nitrogen and oxygen atoms in total. The van der Waals surface area contributed by atoms with Crippen LogP contribution >= 0.6 is 34.8 Å². The number of rotatable bonds is 11. The van der Waals surface area contributed by atoms with Gasteiger partial charge >= 0.3 is 11.9 Å². The summed E-state index contributed by atoms with van der Waals surface area (Å²) in [5, 5.41) is 7.94. The van der Waals surface area contributed by atoms with E-state index >= 15 is 0 Å². The van der Waals surface area contributed by atoms with Crippen LogP contribution in [0.25, 0.3) is 0 Å². The molecule has 31 heavy (non-hydrogen) atoms. The highest BCUT2D eigenvalue weighted by atomic mass is 35.6. The highest BCUT2D eigenvalue weighted by Crippen LogP contribution is 2.36. The monoisotopic (exact) mass is 517 g/mol. The number of nitrogens with one attached hydrogen (secondary N) is 1. The molecule has 0 aliphatic heterocycles. The smallest absolute Gasteiger partial charge is 0.302 e. The first-order valence-corrected chi connectivity index (χ1v) is 13.9. The SMILES string of the molecule is CC(=O)OCC/C(=C/[C@@H](CCO[Si](C)(C)C(C)(C)C)OC(=N)C(Cl)(Cl)Cl)COC(C)=O. The van der Waals surface area contributed by atoms with Crippen molar-refractivity contribution in [3.8, 4) is 0 Å². The highest BCUT2D eigenvalue weighted by molar-refractivity contribution is 6.76. The van der Waals surface area contributed by atoms with Crippen molar-refractivity contribution in [3.05, 3.63) is 11.6 Å². The number of hydrogen-bond donors (Lipinski definition) is 1. The Hall–Kier alpha value is -0.803. The third-order valence-corrected chi connectivity index (χ3v) is 9.86. The van der Waals surface area contributed by atoms with E-state index < -0.39 is 36.1 Å². The molecule has 0 fully saturated rings. The molecule has 0 aliphatic carbocycles. The minimum absolute atomic E-state index is 0.0132. The Bertz CT molecular complexity index is 656. The van der Waals surface area contributed by atoms with Gasteiger partial charge in [0.2, 0.25) is 5.90 Å². The molecule has 11 heteroatoms. The summed E-state index contributed by atoms with van der Waals surface area (Å²) in [5.74, 6) is -1.40. The van der Waals surface area contributed by atoms with E-state index in [1.807, 2.05) is 0 Å². The molecule has 1 atom stereocenters. The summed E-state index contributed by atoms with van der Waals surface area (Å²) in [6, 6.07) is 0. The second kappa shape index (κ2) is 13.0. The average Bonchev–Trinajstić information content (AvgIpc) is 2.56. The first-order chi connectivity index (χ1) is 14.0. The second-order valence-electron chi connectivity index (χ2n) is 8.58. The van der Waals surface area contributed by atoms with Crippen molar-refractivity contribution in [2.24, 2.45) is 0 Å². The van der Waals surface area contributed by atoms with E-state index in [9.17, 15) is 9.59 Å². The maximum absolute atomic E-state index is 11.2. The fraction of sp³-hybridized carbons (Fsp3) is 0.750. The Labute approximate surface area is 201 Å². The van der Waals surface area contributed by atoms with Crippen molar-refractivity contribution >= 4 is 61.0 Å².